The maximum Gasteiger partial charge on any atom is 0.213 e. The van der Waals surface area contributed by atoms with E-state index < -0.39 is 20.6 Å². The number of hydrogen-bond donors (Lipinski definition) is 0. The monoisotopic (exact) mass is 401 g/mol. The molecule has 0 saturated heterocycles. The van der Waals surface area contributed by atoms with Gasteiger partial charge in [-0.25, -0.2) is 4.57 Å². The Balaban J connectivity index is 2.02. The number of aromatic nitrogens is 1. The third kappa shape index (κ3) is 3.57. The molecule has 0 fully saturated rings. The fraction of sp³-hybridized carbons (Fsp3) is 0.207. The van der Waals surface area contributed by atoms with E-state index in [4.69, 9.17) is 12.3 Å². The van der Waals surface area contributed by atoms with Gasteiger partial charge in [-0.1, -0.05) is 60.2 Å². The molecule has 30 heavy (non-hydrogen) atoms. The molecule has 0 N–H and O–H groups in total. The summed E-state index contributed by atoms with van der Waals surface area (Å²) < 4.78 is 74.6. The van der Waals surface area contributed by atoms with Gasteiger partial charge in [0.1, 0.15) is 7.05 Å². The number of benzene rings is 3. The van der Waals surface area contributed by atoms with E-state index in [1.54, 1.807) is 41.9 Å². The molecule has 0 atom stereocenters. The van der Waals surface area contributed by atoms with Crippen LogP contribution in [-0.4, -0.2) is 0 Å². The standard InChI is InChI=1S/C29H30N/c1-19-14-15-25(21(3)16-19)26-12-9-13-27(23(26)5)29-17-28(22(4)18-30(29)6)24-11-8-7-10-20(24)2/h7-18H,1-6H3/q+1/i2D3,3D3,4D3. The van der Waals surface area contributed by atoms with Crippen molar-refractivity contribution in [1.82, 2.24) is 0 Å². The molecule has 0 bridgehead atoms. The summed E-state index contributed by atoms with van der Waals surface area (Å²) in [4.78, 5) is 0. The third-order valence-electron chi connectivity index (χ3n) is 5.57. The Labute approximate surface area is 193 Å². The van der Waals surface area contributed by atoms with Crippen LogP contribution in [0.4, 0.5) is 0 Å². The second kappa shape index (κ2) is 7.91. The minimum atomic E-state index is -2.49. The highest BCUT2D eigenvalue weighted by Gasteiger charge is 2.19. The summed E-state index contributed by atoms with van der Waals surface area (Å²) in [6.07, 6.45) is 1.53. The van der Waals surface area contributed by atoms with Crippen molar-refractivity contribution in [3.63, 3.8) is 0 Å². The van der Waals surface area contributed by atoms with Crippen LogP contribution in [0.5, 0.6) is 0 Å². The van der Waals surface area contributed by atoms with Gasteiger partial charge in [0.2, 0.25) is 5.69 Å². The topological polar surface area (TPSA) is 3.88 Å². The fourth-order valence-electron chi connectivity index (χ4n) is 3.96. The molecular weight excluding hydrogens is 362 g/mol. The zero-order valence-corrected chi connectivity index (χ0v) is 17.4. The van der Waals surface area contributed by atoms with Crippen LogP contribution < -0.4 is 4.57 Å². The number of hydrogen-bond acceptors (Lipinski definition) is 0. The first kappa shape index (κ1) is 11.9. The third-order valence-corrected chi connectivity index (χ3v) is 5.57. The summed E-state index contributed by atoms with van der Waals surface area (Å²) in [5, 5.41) is 0. The smallest absolute Gasteiger partial charge is 0.201 e. The van der Waals surface area contributed by atoms with Crippen LogP contribution in [0, 0.1) is 34.4 Å². The van der Waals surface area contributed by atoms with E-state index in [0.29, 0.717) is 22.4 Å². The summed E-state index contributed by atoms with van der Waals surface area (Å²) in [6, 6.07) is 19.2. The van der Waals surface area contributed by atoms with Crippen molar-refractivity contribution in [2.45, 2.75) is 34.4 Å². The molecule has 4 rings (SSSR count). The van der Waals surface area contributed by atoms with E-state index in [2.05, 4.69) is 0 Å². The molecule has 3 aromatic carbocycles. The minimum absolute atomic E-state index is 0.0440. The zero-order valence-electron chi connectivity index (χ0n) is 26.4. The molecule has 0 aliphatic rings. The van der Waals surface area contributed by atoms with E-state index in [0.717, 1.165) is 22.3 Å². The van der Waals surface area contributed by atoms with E-state index in [9.17, 15) is 0 Å². The average molecular weight is 402 g/mol. The van der Waals surface area contributed by atoms with Crippen molar-refractivity contribution in [3.8, 4) is 33.5 Å². The number of rotatable bonds is 3. The molecule has 0 aliphatic carbocycles. The first-order valence-corrected chi connectivity index (χ1v) is 9.85. The Kier molecular flexibility index (Phi) is 3.13. The molecule has 1 nitrogen and oxygen atoms in total. The first-order valence-electron chi connectivity index (χ1n) is 14.4. The predicted octanol–water partition coefficient (Wildman–Crippen LogP) is 7.05. The van der Waals surface area contributed by atoms with Gasteiger partial charge in [-0.15, -0.1) is 0 Å². The lowest BCUT2D eigenvalue weighted by molar-refractivity contribution is -0.660. The van der Waals surface area contributed by atoms with Crippen molar-refractivity contribution < 1.29 is 16.9 Å². The molecule has 0 saturated carbocycles. The highest BCUT2D eigenvalue weighted by molar-refractivity contribution is 5.80. The van der Waals surface area contributed by atoms with Crippen LogP contribution in [0.25, 0.3) is 33.5 Å². The van der Waals surface area contributed by atoms with E-state index in [1.165, 1.54) is 12.3 Å². The average Bonchev–Trinajstić information content (AvgIpc) is 2.83. The maximum atomic E-state index is 8.18. The molecule has 150 valence electrons. The Morgan fingerprint density at radius 2 is 1.33 bits per heavy atom. The molecule has 0 spiro atoms. The van der Waals surface area contributed by atoms with E-state index in [-0.39, 0.29) is 16.7 Å². The SMILES string of the molecule is [2H]C([2H])([2H])c1ccccc1-c1cc(-c2cccc(-c3ccc(C)cc3C([2H])([2H])[2H])c2C)[n+](C)cc1C([2H])([2H])[2H]. The quantitative estimate of drug-likeness (QED) is 0.324. The molecular formula is C29H30N+. The van der Waals surface area contributed by atoms with E-state index in [1.807, 2.05) is 44.2 Å². The van der Waals surface area contributed by atoms with Gasteiger partial charge in [0, 0.05) is 29.5 Å². The normalized spacial score (nSPS) is 16.7. The van der Waals surface area contributed by atoms with Crippen LogP contribution in [0.2, 0.25) is 0 Å². The molecule has 1 heterocycles. The minimum Gasteiger partial charge on any atom is -0.201 e. The van der Waals surface area contributed by atoms with Crippen molar-refractivity contribution >= 4 is 0 Å². The van der Waals surface area contributed by atoms with Crippen LogP contribution in [0.15, 0.2) is 72.9 Å². The molecule has 0 aliphatic heterocycles. The van der Waals surface area contributed by atoms with Gasteiger partial charge < -0.3 is 0 Å². The summed E-state index contributed by atoms with van der Waals surface area (Å²) in [6.45, 7) is -3.47. The Hall–Kier alpha value is -3.19. The van der Waals surface area contributed by atoms with E-state index >= 15 is 0 Å². The lowest BCUT2D eigenvalue weighted by Gasteiger charge is -2.15. The van der Waals surface area contributed by atoms with Gasteiger partial charge in [0.25, 0.3) is 0 Å². The molecule has 4 aromatic rings. The summed E-state index contributed by atoms with van der Waals surface area (Å²) >= 11 is 0. The van der Waals surface area contributed by atoms with Crippen LogP contribution >= 0.6 is 0 Å². The second-order valence-corrected chi connectivity index (χ2v) is 7.67. The zero-order chi connectivity index (χ0) is 28.9. The first-order chi connectivity index (χ1) is 18.0. The lowest BCUT2D eigenvalue weighted by Crippen LogP contribution is -2.31. The van der Waals surface area contributed by atoms with Gasteiger partial charge in [-0.05, 0) is 79.4 Å². The fourth-order valence-corrected chi connectivity index (χ4v) is 3.96. The highest BCUT2D eigenvalue weighted by atomic mass is 14.9. The van der Waals surface area contributed by atoms with Gasteiger partial charge in [0.15, 0.2) is 6.20 Å². The highest BCUT2D eigenvalue weighted by Crippen LogP contribution is 2.35. The molecule has 0 amide bonds. The predicted molar refractivity (Wildman–Crippen MR) is 128 cm³/mol. The number of pyridine rings is 1. The lowest BCUT2D eigenvalue weighted by atomic mass is 9.90. The van der Waals surface area contributed by atoms with Crippen molar-refractivity contribution in [2.75, 3.05) is 0 Å². The summed E-state index contributed by atoms with van der Waals surface area (Å²) in [5.74, 6) is 0. The van der Waals surface area contributed by atoms with Crippen molar-refractivity contribution in [2.24, 2.45) is 7.05 Å². The number of aryl methyl sites for hydroxylation is 5. The maximum absolute atomic E-state index is 8.18. The van der Waals surface area contributed by atoms with Crippen LogP contribution in [-0.2, 0) is 7.05 Å². The Bertz CT molecular complexity index is 1540. The van der Waals surface area contributed by atoms with Crippen LogP contribution in [0.3, 0.4) is 0 Å². The molecule has 0 unspecified atom stereocenters. The summed E-state index contributed by atoms with van der Waals surface area (Å²) in [5.41, 5.74) is 5.50. The van der Waals surface area contributed by atoms with Crippen molar-refractivity contribution in [3.05, 3.63) is 101 Å². The largest absolute Gasteiger partial charge is 0.213 e. The Morgan fingerprint density at radius 1 is 0.633 bits per heavy atom. The summed E-state index contributed by atoms with van der Waals surface area (Å²) in [7, 11) is 1.75. The van der Waals surface area contributed by atoms with Gasteiger partial charge in [-0.2, -0.15) is 0 Å². The molecule has 0 radical (unpaired) electrons. The van der Waals surface area contributed by atoms with Gasteiger partial charge in [-0.3, -0.25) is 0 Å². The molecule has 1 heteroatoms. The Morgan fingerprint density at radius 3 is 2.13 bits per heavy atom. The molecule has 1 aromatic heterocycles. The van der Waals surface area contributed by atoms with Crippen molar-refractivity contribution in [1.29, 1.82) is 0 Å². The van der Waals surface area contributed by atoms with Crippen LogP contribution in [0.1, 0.15) is 40.2 Å². The van der Waals surface area contributed by atoms with Gasteiger partial charge >= 0.3 is 0 Å². The number of nitrogens with zero attached hydrogens (tertiary/aromatic N) is 1. The second-order valence-electron chi connectivity index (χ2n) is 7.67. The van der Waals surface area contributed by atoms with Gasteiger partial charge in [0.05, 0.1) is 0 Å².